The molecule has 0 spiro atoms. The van der Waals surface area contributed by atoms with Crippen LogP contribution in [0.25, 0.3) is 11.1 Å². The molecule has 0 heterocycles. The molecule has 4 rings (SSSR count). The van der Waals surface area contributed by atoms with E-state index >= 15 is 0 Å². The van der Waals surface area contributed by atoms with Crippen molar-refractivity contribution >= 4 is 0 Å². The summed E-state index contributed by atoms with van der Waals surface area (Å²) in [5.41, 5.74) is 9.22. The Balaban J connectivity index is 0.000000417. The van der Waals surface area contributed by atoms with Gasteiger partial charge < -0.3 is 10.2 Å². The van der Waals surface area contributed by atoms with E-state index < -0.39 is 0 Å². The van der Waals surface area contributed by atoms with Gasteiger partial charge in [0.1, 0.15) is 0 Å². The summed E-state index contributed by atoms with van der Waals surface area (Å²) >= 11 is 0. The second-order valence-electron chi connectivity index (χ2n) is 6.49. The Hall–Kier alpha value is -1.83. The average Bonchev–Trinajstić information content (AvgIpc) is 3.27. The minimum absolute atomic E-state index is 0. The maximum absolute atomic E-state index is 7.98. The first-order chi connectivity index (χ1) is 13.0. The van der Waals surface area contributed by atoms with Crippen LogP contribution in [0.15, 0.2) is 72.5 Å². The number of aliphatic hydroxyl groups excluding tert-OH is 2. The normalized spacial score (nSPS) is 9.50. The van der Waals surface area contributed by atoms with Gasteiger partial charge in [0.2, 0.25) is 0 Å². The molecule has 2 nitrogen and oxygen atoms in total. The van der Waals surface area contributed by atoms with E-state index in [4.69, 9.17) is 10.2 Å². The summed E-state index contributed by atoms with van der Waals surface area (Å²) in [7, 11) is 1.00. The summed E-state index contributed by atoms with van der Waals surface area (Å²) < 4.78 is 0. The van der Waals surface area contributed by atoms with Crippen molar-refractivity contribution in [3.05, 3.63) is 101 Å². The minimum atomic E-state index is 0. The molecule has 3 aromatic rings. The van der Waals surface area contributed by atoms with Gasteiger partial charge in [0.05, 0.1) is 6.26 Å². The first-order valence-electron chi connectivity index (χ1n) is 9.02. The Morgan fingerprint density at radius 2 is 1.50 bits per heavy atom. The van der Waals surface area contributed by atoms with Gasteiger partial charge in [-0.1, -0.05) is 49.2 Å². The van der Waals surface area contributed by atoms with Crippen LogP contribution in [-0.4, -0.2) is 17.3 Å². The van der Waals surface area contributed by atoms with Crippen molar-refractivity contribution in [2.45, 2.75) is 34.1 Å². The van der Waals surface area contributed by atoms with Crippen LogP contribution in [0.2, 0.25) is 0 Å². The Morgan fingerprint density at radius 3 is 2.00 bits per heavy atom. The standard InChI is InChI=1S/C13H9.C7H9.C4H8O.CH4O.Zr/c1-3-7-12-10(5-1)9-11-6-2-4-8-13(11)12;1-6-4-3-5-7(6)2;1-4(2)3-5;1-2;/h1-5,7-8H,9H2;3-5H,1-2H3;3,5H,1-2H3;2H,1H3;/q2*-1;;;+2. The Bertz CT molecular complexity index is 783. The number of fused-ring (bicyclic) bond motifs is 3. The van der Waals surface area contributed by atoms with Crippen LogP contribution in [0.3, 0.4) is 0 Å². The minimum Gasteiger partial charge on any atom is -0.516 e. The summed E-state index contributed by atoms with van der Waals surface area (Å²) in [6.07, 6.45) is 2.13. The molecule has 3 heteroatoms. The fourth-order valence-electron chi connectivity index (χ4n) is 2.60. The topological polar surface area (TPSA) is 40.5 Å². The molecule has 0 unspecified atom stereocenters. The van der Waals surface area contributed by atoms with E-state index in [1.807, 2.05) is 19.9 Å². The summed E-state index contributed by atoms with van der Waals surface area (Å²) in [5, 5.41) is 15.0. The van der Waals surface area contributed by atoms with Gasteiger partial charge in [0.15, 0.2) is 0 Å². The van der Waals surface area contributed by atoms with Gasteiger partial charge in [-0.3, -0.25) is 0 Å². The molecule has 3 aromatic carbocycles. The van der Waals surface area contributed by atoms with E-state index in [2.05, 4.69) is 74.5 Å². The maximum atomic E-state index is 7.98. The zero-order valence-corrected chi connectivity index (χ0v) is 19.9. The van der Waals surface area contributed by atoms with Gasteiger partial charge in [-0.05, 0) is 25.8 Å². The maximum Gasteiger partial charge on any atom is 2.00 e. The van der Waals surface area contributed by atoms with Gasteiger partial charge in [-0.2, -0.15) is 59.2 Å². The van der Waals surface area contributed by atoms with Crippen LogP contribution < -0.4 is 0 Å². The molecule has 0 amide bonds. The molecule has 146 valence electrons. The van der Waals surface area contributed by atoms with E-state index in [0.29, 0.717) is 0 Å². The Morgan fingerprint density at radius 1 is 0.964 bits per heavy atom. The molecule has 0 radical (unpaired) electrons. The zero-order valence-electron chi connectivity index (χ0n) is 17.5. The fraction of sp³-hybridized carbons (Fsp3) is 0.240. The van der Waals surface area contributed by atoms with Crippen molar-refractivity contribution in [2.75, 3.05) is 7.11 Å². The molecule has 0 fully saturated rings. The molecule has 1 aliphatic rings. The largest absolute Gasteiger partial charge is 2.00 e. The van der Waals surface area contributed by atoms with Crippen LogP contribution in [-0.2, 0) is 32.6 Å². The number of hydrogen-bond donors (Lipinski definition) is 2. The third-order valence-corrected chi connectivity index (χ3v) is 4.19. The van der Waals surface area contributed by atoms with Crippen LogP contribution in [0.5, 0.6) is 0 Å². The first kappa shape index (κ1) is 26.2. The van der Waals surface area contributed by atoms with Crippen molar-refractivity contribution in [1.29, 1.82) is 0 Å². The van der Waals surface area contributed by atoms with Crippen LogP contribution in [0.4, 0.5) is 0 Å². The van der Waals surface area contributed by atoms with Crippen LogP contribution in [0.1, 0.15) is 36.1 Å². The summed E-state index contributed by atoms with van der Waals surface area (Å²) in [6.45, 7) is 7.91. The molecule has 2 N–H and O–H groups in total. The van der Waals surface area contributed by atoms with E-state index in [-0.39, 0.29) is 26.2 Å². The molecule has 0 atom stereocenters. The molecular weight excluding hydrogens is 423 g/mol. The second-order valence-corrected chi connectivity index (χ2v) is 6.49. The van der Waals surface area contributed by atoms with Gasteiger partial charge in [0.25, 0.3) is 0 Å². The van der Waals surface area contributed by atoms with E-state index in [9.17, 15) is 0 Å². The Kier molecular flexibility index (Phi) is 13.3. The number of benzene rings is 2. The summed E-state index contributed by atoms with van der Waals surface area (Å²) in [5.74, 6) is 0. The van der Waals surface area contributed by atoms with Crippen molar-refractivity contribution in [1.82, 2.24) is 0 Å². The predicted octanol–water partition coefficient (Wildman–Crippen LogP) is 6.15. The van der Waals surface area contributed by atoms with E-state index in [1.54, 1.807) is 0 Å². The molecule has 28 heavy (non-hydrogen) atoms. The summed E-state index contributed by atoms with van der Waals surface area (Å²) in [4.78, 5) is 0. The first-order valence-corrected chi connectivity index (χ1v) is 9.02. The van der Waals surface area contributed by atoms with Crippen molar-refractivity contribution in [3.8, 4) is 11.1 Å². The number of aliphatic hydroxyl groups is 2. The van der Waals surface area contributed by atoms with Gasteiger partial charge >= 0.3 is 26.2 Å². The second kappa shape index (κ2) is 14.2. The smallest absolute Gasteiger partial charge is 0.516 e. The quantitative estimate of drug-likeness (QED) is 0.247. The molecular formula is C25H30O2Zr. The number of rotatable bonds is 0. The van der Waals surface area contributed by atoms with Gasteiger partial charge in [-0.15, -0.1) is 5.56 Å². The number of allylic oxidation sites excluding steroid dienone is 1. The van der Waals surface area contributed by atoms with Gasteiger partial charge in [-0.25, -0.2) is 0 Å². The molecule has 0 saturated heterocycles. The SMILES string of the molecule is CC(C)=CO.CO.Cc1c[cH-]cc1C.[Zr+2].[c-]1cccc2c1Cc1ccccc1-2. The molecule has 0 aliphatic heterocycles. The Labute approximate surface area is 189 Å². The van der Waals surface area contributed by atoms with Crippen molar-refractivity contribution in [2.24, 2.45) is 0 Å². The van der Waals surface area contributed by atoms with Gasteiger partial charge in [0, 0.05) is 7.11 Å². The molecule has 1 aliphatic carbocycles. The average molecular weight is 454 g/mol. The van der Waals surface area contributed by atoms with Crippen LogP contribution in [0, 0.1) is 19.9 Å². The number of aryl methyl sites for hydroxylation is 2. The number of hydrogen-bond acceptors (Lipinski definition) is 2. The van der Waals surface area contributed by atoms with Crippen molar-refractivity contribution < 1.29 is 36.4 Å². The van der Waals surface area contributed by atoms with Crippen molar-refractivity contribution in [3.63, 3.8) is 0 Å². The molecule has 0 aromatic heterocycles. The fourth-order valence-corrected chi connectivity index (χ4v) is 2.60. The third-order valence-electron chi connectivity index (χ3n) is 4.19. The molecule has 0 bridgehead atoms. The monoisotopic (exact) mass is 452 g/mol. The predicted molar refractivity (Wildman–Crippen MR) is 115 cm³/mol. The van der Waals surface area contributed by atoms with Crippen LogP contribution >= 0.6 is 0 Å². The molecule has 0 saturated carbocycles. The zero-order chi connectivity index (χ0) is 20.2. The van der Waals surface area contributed by atoms with E-state index in [0.717, 1.165) is 25.4 Å². The third kappa shape index (κ3) is 8.04. The summed E-state index contributed by atoms with van der Waals surface area (Å²) in [6, 6.07) is 24.4. The van der Waals surface area contributed by atoms with E-state index in [1.165, 1.54) is 33.4 Å².